The molecule has 2 aromatic rings. The van der Waals surface area contributed by atoms with E-state index in [0.29, 0.717) is 4.90 Å². The fourth-order valence-electron chi connectivity index (χ4n) is 1.85. The zero-order chi connectivity index (χ0) is 15.5. The molecule has 0 aliphatic rings. The molecule has 2 rings (SSSR count). The van der Waals surface area contributed by atoms with Crippen LogP contribution >= 0.6 is 11.8 Å². The lowest BCUT2D eigenvalue weighted by molar-refractivity contribution is -0.137. The molecular weight excluding hydrogens is 295 g/mol. The summed E-state index contributed by atoms with van der Waals surface area (Å²) in [6, 6.07) is 13.0. The van der Waals surface area contributed by atoms with Crippen LogP contribution in [0.25, 0.3) is 0 Å². The van der Waals surface area contributed by atoms with Crippen LogP contribution in [0.4, 0.5) is 13.2 Å². The van der Waals surface area contributed by atoms with Crippen LogP contribution < -0.4 is 0 Å². The second kappa shape index (κ2) is 6.23. The lowest BCUT2D eigenvalue weighted by Gasteiger charge is -2.10. The normalized spacial score (nSPS) is 11.2. The first kappa shape index (κ1) is 15.5. The molecule has 2 aromatic carbocycles. The van der Waals surface area contributed by atoms with Crippen LogP contribution in [-0.2, 0) is 12.6 Å². The van der Waals surface area contributed by atoms with Gasteiger partial charge in [0.05, 0.1) is 17.2 Å². The van der Waals surface area contributed by atoms with Crippen molar-refractivity contribution in [3.8, 4) is 6.07 Å². The third-order valence-electron chi connectivity index (χ3n) is 2.98. The minimum absolute atomic E-state index is 0.354. The van der Waals surface area contributed by atoms with E-state index in [1.807, 2.05) is 31.2 Å². The highest BCUT2D eigenvalue weighted by Crippen LogP contribution is 2.36. The molecule has 0 bridgehead atoms. The van der Waals surface area contributed by atoms with Crippen LogP contribution in [0.1, 0.15) is 23.6 Å². The third kappa shape index (κ3) is 3.79. The van der Waals surface area contributed by atoms with Gasteiger partial charge in [-0.3, -0.25) is 0 Å². The molecule has 0 unspecified atom stereocenters. The molecule has 0 saturated carbocycles. The van der Waals surface area contributed by atoms with Crippen molar-refractivity contribution in [2.45, 2.75) is 29.3 Å². The van der Waals surface area contributed by atoms with Crippen LogP contribution in [0.3, 0.4) is 0 Å². The molecule has 21 heavy (non-hydrogen) atoms. The molecule has 0 aromatic heterocycles. The summed E-state index contributed by atoms with van der Waals surface area (Å²) >= 11 is 1.25. The zero-order valence-electron chi connectivity index (χ0n) is 11.2. The van der Waals surface area contributed by atoms with E-state index in [-0.39, 0.29) is 5.56 Å². The molecule has 0 atom stereocenters. The molecule has 0 amide bonds. The quantitative estimate of drug-likeness (QED) is 0.769. The Bertz CT molecular complexity index is 669. The van der Waals surface area contributed by atoms with Crippen molar-refractivity contribution in [3.63, 3.8) is 0 Å². The fraction of sp³-hybridized carbons (Fsp3) is 0.188. The van der Waals surface area contributed by atoms with Crippen LogP contribution in [0.2, 0.25) is 0 Å². The molecular formula is C16H12F3NS. The van der Waals surface area contributed by atoms with Crippen molar-refractivity contribution in [3.05, 3.63) is 59.2 Å². The maximum Gasteiger partial charge on any atom is 0.417 e. The van der Waals surface area contributed by atoms with E-state index in [2.05, 4.69) is 0 Å². The van der Waals surface area contributed by atoms with E-state index in [0.717, 1.165) is 17.4 Å². The van der Waals surface area contributed by atoms with Crippen molar-refractivity contribution < 1.29 is 13.2 Å². The molecule has 5 heteroatoms. The Kier molecular flexibility index (Phi) is 4.59. The molecule has 1 nitrogen and oxygen atoms in total. The summed E-state index contributed by atoms with van der Waals surface area (Å²) in [4.78, 5) is 1.33. The number of nitriles is 1. The molecule has 0 aliphatic carbocycles. The van der Waals surface area contributed by atoms with Crippen LogP contribution in [-0.4, -0.2) is 0 Å². The molecule has 0 aliphatic heterocycles. The van der Waals surface area contributed by atoms with E-state index in [9.17, 15) is 13.2 Å². The first-order valence-corrected chi connectivity index (χ1v) is 7.14. The summed E-state index contributed by atoms with van der Waals surface area (Å²) < 4.78 is 38.7. The minimum atomic E-state index is -4.52. The topological polar surface area (TPSA) is 23.8 Å². The van der Waals surface area contributed by atoms with Gasteiger partial charge in [-0.05, 0) is 42.3 Å². The Balaban J connectivity index is 2.30. The molecule has 0 saturated heterocycles. The van der Waals surface area contributed by atoms with Gasteiger partial charge >= 0.3 is 6.18 Å². The van der Waals surface area contributed by atoms with E-state index in [1.54, 1.807) is 6.07 Å². The van der Waals surface area contributed by atoms with Crippen LogP contribution in [0.15, 0.2) is 52.3 Å². The van der Waals surface area contributed by atoms with Crippen molar-refractivity contribution in [2.24, 2.45) is 0 Å². The number of benzene rings is 2. The number of halogens is 3. The van der Waals surface area contributed by atoms with Crippen LogP contribution in [0, 0.1) is 11.3 Å². The highest BCUT2D eigenvalue weighted by molar-refractivity contribution is 7.99. The predicted octanol–water partition coefficient (Wildman–Crippen LogP) is 5.29. The third-order valence-corrected chi connectivity index (χ3v) is 3.98. The maximum absolute atomic E-state index is 12.9. The smallest absolute Gasteiger partial charge is 0.192 e. The van der Waals surface area contributed by atoms with E-state index in [4.69, 9.17) is 5.26 Å². The monoisotopic (exact) mass is 307 g/mol. The van der Waals surface area contributed by atoms with Gasteiger partial charge in [0.2, 0.25) is 0 Å². The number of nitrogens with zero attached hydrogens (tertiary/aromatic N) is 1. The van der Waals surface area contributed by atoms with Crippen molar-refractivity contribution in [2.75, 3.05) is 0 Å². The van der Waals surface area contributed by atoms with Gasteiger partial charge in [0.25, 0.3) is 0 Å². The summed E-state index contributed by atoms with van der Waals surface area (Å²) in [6.45, 7) is 2.04. The van der Waals surface area contributed by atoms with E-state index < -0.39 is 11.7 Å². The summed E-state index contributed by atoms with van der Waals surface area (Å²) in [5.74, 6) is 0. The van der Waals surface area contributed by atoms with E-state index in [1.165, 1.54) is 29.5 Å². The second-order valence-corrected chi connectivity index (χ2v) is 5.56. The van der Waals surface area contributed by atoms with Gasteiger partial charge in [-0.2, -0.15) is 18.4 Å². The first-order valence-electron chi connectivity index (χ1n) is 6.32. The van der Waals surface area contributed by atoms with Gasteiger partial charge in [-0.1, -0.05) is 30.8 Å². The Morgan fingerprint density at radius 2 is 1.67 bits per heavy atom. The Morgan fingerprint density at radius 1 is 1.05 bits per heavy atom. The lowest BCUT2D eigenvalue weighted by Crippen LogP contribution is -2.07. The van der Waals surface area contributed by atoms with Gasteiger partial charge in [-0.15, -0.1) is 0 Å². The summed E-state index contributed by atoms with van der Waals surface area (Å²) in [7, 11) is 0. The summed E-state index contributed by atoms with van der Waals surface area (Å²) in [5, 5.41) is 8.76. The number of aryl methyl sites for hydroxylation is 1. The zero-order valence-corrected chi connectivity index (χ0v) is 12.1. The summed E-state index contributed by atoms with van der Waals surface area (Å²) in [6.07, 6.45) is -3.60. The molecule has 0 fully saturated rings. The van der Waals surface area contributed by atoms with Gasteiger partial charge in [0.1, 0.15) is 0 Å². The Morgan fingerprint density at radius 3 is 2.19 bits per heavy atom. The van der Waals surface area contributed by atoms with Gasteiger partial charge in [0, 0.05) is 9.79 Å². The number of hydrogen-bond donors (Lipinski definition) is 0. The maximum atomic E-state index is 12.9. The summed E-state index contributed by atoms with van der Waals surface area (Å²) in [5.41, 5.74) is -0.0662. The SMILES string of the molecule is CCc1ccc(Sc2ccc(C#N)c(C(F)(F)F)c2)cc1. The average Bonchev–Trinajstić information content (AvgIpc) is 2.47. The largest absolute Gasteiger partial charge is 0.417 e. The lowest BCUT2D eigenvalue weighted by atomic mass is 10.1. The molecule has 0 N–H and O–H groups in total. The predicted molar refractivity (Wildman–Crippen MR) is 76.1 cm³/mol. The van der Waals surface area contributed by atoms with Crippen molar-refractivity contribution in [1.82, 2.24) is 0 Å². The van der Waals surface area contributed by atoms with E-state index >= 15 is 0 Å². The number of alkyl halides is 3. The van der Waals surface area contributed by atoms with Gasteiger partial charge < -0.3 is 0 Å². The second-order valence-electron chi connectivity index (χ2n) is 4.42. The highest BCUT2D eigenvalue weighted by Gasteiger charge is 2.33. The number of hydrogen-bond acceptors (Lipinski definition) is 2. The standard InChI is InChI=1S/C16H12F3NS/c1-2-11-3-6-13(7-4-11)21-14-8-5-12(10-20)15(9-14)16(17,18)19/h3-9H,2H2,1H3. The first-order chi connectivity index (χ1) is 9.94. The fourth-order valence-corrected chi connectivity index (χ4v) is 2.71. The molecule has 108 valence electrons. The van der Waals surface area contributed by atoms with Crippen molar-refractivity contribution >= 4 is 11.8 Å². The van der Waals surface area contributed by atoms with Crippen molar-refractivity contribution in [1.29, 1.82) is 5.26 Å². The molecule has 0 radical (unpaired) electrons. The average molecular weight is 307 g/mol. The Hall–Kier alpha value is -1.93. The molecule has 0 heterocycles. The Labute approximate surface area is 125 Å². The van der Waals surface area contributed by atoms with Gasteiger partial charge in [-0.25, -0.2) is 0 Å². The minimum Gasteiger partial charge on any atom is -0.192 e. The van der Waals surface area contributed by atoms with Crippen LogP contribution in [0.5, 0.6) is 0 Å². The highest BCUT2D eigenvalue weighted by atomic mass is 32.2. The van der Waals surface area contributed by atoms with Gasteiger partial charge in [0.15, 0.2) is 0 Å². The number of rotatable bonds is 3. The molecule has 0 spiro atoms.